The molecular formula is C14H22N2O2. The molecule has 0 radical (unpaired) electrons. The van der Waals surface area contributed by atoms with Crippen LogP contribution in [0.2, 0.25) is 0 Å². The van der Waals surface area contributed by atoms with Crippen LogP contribution >= 0.6 is 0 Å². The molecule has 1 aliphatic heterocycles. The van der Waals surface area contributed by atoms with Gasteiger partial charge < -0.3 is 20.5 Å². The van der Waals surface area contributed by atoms with Gasteiger partial charge in [-0.15, -0.1) is 0 Å². The van der Waals surface area contributed by atoms with E-state index < -0.39 is 6.10 Å². The Morgan fingerprint density at radius 3 is 2.94 bits per heavy atom. The van der Waals surface area contributed by atoms with Crippen LogP contribution in [0.5, 0.6) is 5.75 Å². The van der Waals surface area contributed by atoms with Crippen LogP contribution in [-0.4, -0.2) is 30.3 Å². The maximum absolute atomic E-state index is 10.3. The molecule has 0 bridgehead atoms. The van der Waals surface area contributed by atoms with Gasteiger partial charge in [0.05, 0.1) is 11.8 Å². The number of fused-ring (bicyclic) bond motifs is 1. The fourth-order valence-electron chi connectivity index (χ4n) is 1.97. The van der Waals surface area contributed by atoms with Crippen LogP contribution < -0.4 is 15.4 Å². The SMILES string of the molecule is CC(C)(C)NC[C@H](O)c1cccc2c1OCCN2. The standard InChI is InChI=1S/C14H22N2O2/c1-14(2,3)16-9-12(17)10-5-4-6-11-13(10)18-8-7-15-11/h4-6,12,15-17H,7-9H2,1-3H3/t12-/m0/s1. The van der Waals surface area contributed by atoms with Gasteiger partial charge in [0, 0.05) is 24.2 Å². The Morgan fingerprint density at radius 2 is 2.22 bits per heavy atom. The number of anilines is 1. The van der Waals surface area contributed by atoms with Crippen molar-refractivity contribution >= 4 is 5.69 Å². The summed E-state index contributed by atoms with van der Waals surface area (Å²) in [5, 5.41) is 16.8. The molecule has 0 saturated heterocycles. The van der Waals surface area contributed by atoms with Gasteiger partial charge in [-0.3, -0.25) is 0 Å². The number of benzene rings is 1. The number of aliphatic hydroxyl groups is 1. The van der Waals surface area contributed by atoms with Gasteiger partial charge in [0.25, 0.3) is 0 Å². The maximum Gasteiger partial charge on any atom is 0.148 e. The molecule has 0 amide bonds. The van der Waals surface area contributed by atoms with Crippen molar-refractivity contribution in [2.45, 2.75) is 32.4 Å². The van der Waals surface area contributed by atoms with Gasteiger partial charge in [0.2, 0.25) is 0 Å². The molecule has 1 aromatic carbocycles. The smallest absolute Gasteiger partial charge is 0.148 e. The summed E-state index contributed by atoms with van der Waals surface area (Å²) < 4.78 is 5.66. The van der Waals surface area contributed by atoms with Crippen LogP contribution in [0.15, 0.2) is 18.2 Å². The highest BCUT2D eigenvalue weighted by molar-refractivity contribution is 5.61. The topological polar surface area (TPSA) is 53.5 Å². The van der Waals surface area contributed by atoms with Crippen LogP contribution in [0.25, 0.3) is 0 Å². The molecule has 0 aliphatic carbocycles. The van der Waals surface area contributed by atoms with Gasteiger partial charge >= 0.3 is 0 Å². The van der Waals surface area contributed by atoms with E-state index in [-0.39, 0.29) is 5.54 Å². The molecule has 0 spiro atoms. The summed E-state index contributed by atoms with van der Waals surface area (Å²) >= 11 is 0. The summed E-state index contributed by atoms with van der Waals surface area (Å²) in [4.78, 5) is 0. The minimum Gasteiger partial charge on any atom is -0.489 e. The van der Waals surface area contributed by atoms with Gasteiger partial charge in [-0.05, 0) is 26.8 Å². The molecule has 2 rings (SSSR count). The summed E-state index contributed by atoms with van der Waals surface area (Å²) in [6, 6.07) is 5.83. The van der Waals surface area contributed by atoms with E-state index in [0.717, 1.165) is 23.5 Å². The molecule has 0 fully saturated rings. The lowest BCUT2D eigenvalue weighted by Gasteiger charge is -2.26. The molecule has 1 atom stereocenters. The van der Waals surface area contributed by atoms with Gasteiger partial charge in [-0.25, -0.2) is 0 Å². The first-order chi connectivity index (χ1) is 8.47. The zero-order valence-corrected chi connectivity index (χ0v) is 11.3. The van der Waals surface area contributed by atoms with Crippen molar-refractivity contribution in [2.24, 2.45) is 0 Å². The average molecular weight is 250 g/mol. The zero-order chi connectivity index (χ0) is 13.2. The molecule has 1 heterocycles. The van der Waals surface area contributed by atoms with E-state index in [9.17, 15) is 5.11 Å². The summed E-state index contributed by atoms with van der Waals surface area (Å²) in [5.74, 6) is 0.784. The summed E-state index contributed by atoms with van der Waals surface area (Å²) in [5.41, 5.74) is 1.81. The normalized spacial score (nSPS) is 16.4. The number of para-hydroxylation sites is 1. The Kier molecular flexibility index (Phi) is 3.78. The largest absolute Gasteiger partial charge is 0.489 e. The first kappa shape index (κ1) is 13.2. The average Bonchev–Trinajstić information content (AvgIpc) is 2.34. The third-order valence-electron chi connectivity index (χ3n) is 2.89. The van der Waals surface area contributed by atoms with Crippen molar-refractivity contribution in [1.82, 2.24) is 5.32 Å². The first-order valence-electron chi connectivity index (χ1n) is 6.40. The third-order valence-corrected chi connectivity index (χ3v) is 2.89. The first-order valence-corrected chi connectivity index (χ1v) is 6.40. The summed E-state index contributed by atoms with van der Waals surface area (Å²) in [7, 11) is 0. The van der Waals surface area contributed by atoms with Crippen molar-refractivity contribution < 1.29 is 9.84 Å². The van der Waals surface area contributed by atoms with E-state index in [0.29, 0.717) is 13.2 Å². The van der Waals surface area contributed by atoms with Gasteiger partial charge in [0.1, 0.15) is 12.4 Å². The number of β-amino-alcohol motifs (C(OH)–C–C–N with tert-alkyl or cyclic N) is 1. The lowest BCUT2D eigenvalue weighted by Crippen LogP contribution is -2.38. The second kappa shape index (κ2) is 5.16. The van der Waals surface area contributed by atoms with Crippen LogP contribution in [0.4, 0.5) is 5.69 Å². The zero-order valence-electron chi connectivity index (χ0n) is 11.3. The van der Waals surface area contributed by atoms with Gasteiger partial charge in [-0.2, -0.15) is 0 Å². The summed E-state index contributed by atoms with van der Waals surface area (Å²) in [6.07, 6.45) is -0.556. The highest BCUT2D eigenvalue weighted by atomic mass is 16.5. The van der Waals surface area contributed by atoms with Gasteiger partial charge in [-0.1, -0.05) is 12.1 Å². The van der Waals surface area contributed by atoms with Gasteiger partial charge in [0.15, 0.2) is 0 Å². The Morgan fingerprint density at radius 1 is 1.44 bits per heavy atom. The fourth-order valence-corrected chi connectivity index (χ4v) is 1.97. The second-order valence-electron chi connectivity index (χ2n) is 5.65. The van der Waals surface area contributed by atoms with Crippen LogP contribution in [0.3, 0.4) is 0 Å². The Bertz CT molecular complexity index is 413. The lowest BCUT2D eigenvalue weighted by molar-refractivity contribution is 0.157. The van der Waals surface area contributed by atoms with E-state index >= 15 is 0 Å². The van der Waals surface area contributed by atoms with Crippen molar-refractivity contribution in [3.05, 3.63) is 23.8 Å². The predicted molar refractivity (Wildman–Crippen MR) is 73.1 cm³/mol. The quantitative estimate of drug-likeness (QED) is 0.767. The monoisotopic (exact) mass is 250 g/mol. The molecule has 0 unspecified atom stereocenters. The van der Waals surface area contributed by atoms with E-state index in [1.165, 1.54) is 0 Å². The van der Waals surface area contributed by atoms with Crippen molar-refractivity contribution in [2.75, 3.05) is 25.0 Å². The number of hydrogen-bond acceptors (Lipinski definition) is 4. The van der Waals surface area contributed by atoms with E-state index in [1.807, 2.05) is 18.2 Å². The number of ether oxygens (including phenoxy) is 1. The molecular weight excluding hydrogens is 228 g/mol. The van der Waals surface area contributed by atoms with Crippen LogP contribution in [0, 0.1) is 0 Å². The minimum atomic E-state index is -0.556. The van der Waals surface area contributed by atoms with Crippen LogP contribution in [-0.2, 0) is 0 Å². The molecule has 100 valence electrons. The van der Waals surface area contributed by atoms with Crippen LogP contribution in [0.1, 0.15) is 32.4 Å². The molecule has 4 heteroatoms. The van der Waals surface area contributed by atoms with Crippen molar-refractivity contribution in [3.8, 4) is 5.75 Å². The highest BCUT2D eigenvalue weighted by Crippen LogP contribution is 2.34. The van der Waals surface area contributed by atoms with E-state index in [2.05, 4.69) is 31.4 Å². The number of aliphatic hydroxyl groups excluding tert-OH is 1. The molecule has 18 heavy (non-hydrogen) atoms. The minimum absolute atomic E-state index is 0.00503. The lowest BCUT2D eigenvalue weighted by atomic mass is 10.0. The van der Waals surface area contributed by atoms with E-state index in [1.54, 1.807) is 0 Å². The molecule has 0 aromatic heterocycles. The Labute approximate surface area is 108 Å². The molecule has 1 aliphatic rings. The molecule has 0 saturated carbocycles. The third kappa shape index (κ3) is 3.15. The van der Waals surface area contributed by atoms with Crippen molar-refractivity contribution in [1.29, 1.82) is 0 Å². The second-order valence-corrected chi connectivity index (χ2v) is 5.65. The Balaban J connectivity index is 2.12. The van der Waals surface area contributed by atoms with E-state index in [4.69, 9.17) is 4.74 Å². The molecule has 4 nitrogen and oxygen atoms in total. The Hall–Kier alpha value is -1.26. The fraction of sp³-hybridized carbons (Fsp3) is 0.571. The number of rotatable bonds is 3. The van der Waals surface area contributed by atoms with Crippen molar-refractivity contribution in [3.63, 3.8) is 0 Å². The summed E-state index contributed by atoms with van der Waals surface area (Å²) in [6.45, 7) is 8.22. The highest BCUT2D eigenvalue weighted by Gasteiger charge is 2.20. The number of nitrogens with one attached hydrogen (secondary N) is 2. The molecule has 3 N–H and O–H groups in total. The number of hydrogen-bond donors (Lipinski definition) is 3. The predicted octanol–water partition coefficient (Wildman–Crippen LogP) is 1.91. The maximum atomic E-state index is 10.3. The molecule has 1 aromatic rings.